The largest absolute Gasteiger partial charge is 0.396 e. The van der Waals surface area contributed by atoms with Crippen molar-refractivity contribution in [2.75, 3.05) is 38.4 Å². The van der Waals surface area contributed by atoms with Crippen LogP contribution in [0.25, 0.3) is 0 Å². The Morgan fingerprint density at radius 1 is 1.53 bits per heavy atom. The van der Waals surface area contributed by atoms with Gasteiger partial charge in [-0.15, -0.1) is 0 Å². The van der Waals surface area contributed by atoms with Crippen LogP contribution in [0.3, 0.4) is 0 Å². The number of rotatable bonds is 7. The lowest BCUT2D eigenvalue weighted by Crippen LogP contribution is -2.36. The zero-order chi connectivity index (χ0) is 11.1. The van der Waals surface area contributed by atoms with Crippen LogP contribution in [0.4, 0.5) is 0 Å². The zero-order valence-electron chi connectivity index (χ0n) is 9.74. The van der Waals surface area contributed by atoms with E-state index in [1.165, 1.54) is 6.42 Å². The molecular weight excluding hydrogens is 210 g/mol. The van der Waals surface area contributed by atoms with E-state index in [1.807, 2.05) is 18.8 Å². The quantitative estimate of drug-likeness (QED) is 0.687. The number of ether oxygens (including phenoxy) is 1. The Bertz CT molecular complexity index is 163. The minimum absolute atomic E-state index is 0.295. The van der Waals surface area contributed by atoms with Crippen LogP contribution in [0.2, 0.25) is 0 Å². The fourth-order valence-corrected chi connectivity index (χ4v) is 3.11. The van der Waals surface area contributed by atoms with Gasteiger partial charge in [0.15, 0.2) is 0 Å². The van der Waals surface area contributed by atoms with E-state index in [9.17, 15) is 0 Å². The van der Waals surface area contributed by atoms with Gasteiger partial charge in [-0.05, 0) is 25.1 Å². The first kappa shape index (κ1) is 13.3. The summed E-state index contributed by atoms with van der Waals surface area (Å²) in [5.74, 6) is 3.25. The normalized spacial score (nSPS) is 25.4. The Kier molecular flexibility index (Phi) is 6.64. The van der Waals surface area contributed by atoms with Gasteiger partial charge in [0.2, 0.25) is 0 Å². The summed E-state index contributed by atoms with van der Waals surface area (Å²) in [7, 11) is 2.03. The van der Waals surface area contributed by atoms with Crippen molar-refractivity contribution in [2.45, 2.75) is 19.4 Å². The predicted octanol–water partition coefficient (Wildman–Crippen LogP) is 0.972. The summed E-state index contributed by atoms with van der Waals surface area (Å²) in [6.07, 6.45) is 1.18. The number of hydrogen-bond donors (Lipinski definition) is 2. The number of aliphatic hydroxyl groups excluding tert-OH is 1. The van der Waals surface area contributed by atoms with Crippen LogP contribution >= 0.6 is 11.8 Å². The fourth-order valence-electron chi connectivity index (χ4n) is 1.77. The van der Waals surface area contributed by atoms with E-state index >= 15 is 0 Å². The molecule has 1 rings (SSSR count). The summed E-state index contributed by atoms with van der Waals surface area (Å²) in [5.41, 5.74) is 0. The van der Waals surface area contributed by atoms with Crippen molar-refractivity contribution in [1.29, 1.82) is 0 Å². The second kappa shape index (κ2) is 7.49. The summed E-state index contributed by atoms with van der Waals surface area (Å²) < 4.78 is 5.40. The van der Waals surface area contributed by atoms with Gasteiger partial charge in [0.1, 0.15) is 0 Å². The molecule has 90 valence electrons. The van der Waals surface area contributed by atoms with Crippen molar-refractivity contribution >= 4 is 11.8 Å². The lowest BCUT2D eigenvalue weighted by molar-refractivity contribution is 0.179. The highest BCUT2D eigenvalue weighted by Gasteiger charge is 2.24. The lowest BCUT2D eigenvalue weighted by Gasteiger charge is -2.21. The van der Waals surface area contributed by atoms with E-state index in [-0.39, 0.29) is 0 Å². The number of nitrogens with one attached hydrogen (secondary N) is 1. The minimum atomic E-state index is 0.295. The molecule has 0 radical (unpaired) electrons. The van der Waals surface area contributed by atoms with Crippen LogP contribution in [0, 0.1) is 11.8 Å². The van der Waals surface area contributed by atoms with Crippen LogP contribution in [0.5, 0.6) is 0 Å². The Hall–Kier alpha value is 0.230. The molecule has 0 amide bonds. The van der Waals surface area contributed by atoms with Crippen molar-refractivity contribution in [3.63, 3.8) is 0 Å². The molecule has 1 aliphatic rings. The van der Waals surface area contributed by atoms with E-state index in [0.29, 0.717) is 24.5 Å². The Balaban J connectivity index is 2.15. The second-order valence-corrected chi connectivity index (χ2v) is 5.42. The maximum Gasteiger partial charge on any atom is 0.0510 e. The molecule has 2 N–H and O–H groups in total. The van der Waals surface area contributed by atoms with Crippen molar-refractivity contribution < 1.29 is 9.84 Å². The van der Waals surface area contributed by atoms with Gasteiger partial charge in [-0.2, -0.15) is 11.8 Å². The Morgan fingerprint density at radius 2 is 2.33 bits per heavy atom. The van der Waals surface area contributed by atoms with Gasteiger partial charge < -0.3 is 15.2 Å². The molecule has 0 aromatic rings. The molecule has 1 heterocycles. The van der Waals surface area contributed by atoms with E-state index in [2.05, 4.69) is 12.2 Å². The highest BCUT2D eigenvalue weighted by atomic mass is 32.2. The van der Waals surface area contributed by atoms with Gasteiger partial charge >= 0.3 is 0 Å². The van der Waals surface area contributed by atoms with Crippen LogP contribution in [-0.2, 0) is 4.74 Å². The molecular formula is C11H23NO2S. The van der Waals surface area contributed by atoms with E-state index < -0.39 is 0 Å². The minimum Gasteiger partial charge on any atom is -0.396 e. The van der Waals surface area contributed by atoms with Crippen molar-refractivity contribution in [3.05, 3.63) is 0 Å². The van der Waals surface area contributed by atoms with Crippen LogP contribution in [0.15, 0.2) is 0 Å². The summed E-state index contributed by atoms with van der Waals surface area (Å²) in [5, 5.41) is 12.3. The standard InChI is InChI=1S/C11H23NO2S/c1-9(5-13)7-15-8-11(12-2)10-3-4-14-6-10/h9-13H,3-8H2,1-2H3. The summed E-state index contributed by atoms with van der Waals surface area (Å²) in [6.45, 7) is 4.20. The third-order valence-corrected chi connectivity index (χ3v) is 4.32. The summed E-state index contributed by atoms with van der Waals surface area (Å²) in [6, 6.07) is 0.559. The number of hydrogen-bond acceptors (Lipinski definition) is 4. The molecule has 0 aliphatic carbocycles. The molecule has 3 atom stereocenters. The molecule has 0 aromatic carbocycles. The molecule has 0 bridgehead atoms. The zero-order valence-corrected chi connectivity index (χ0v) is 10.6. The molecule has 0 saturated carbocycles. The Labute approximate surface area is 97.0 Å². The van der Waals surface area contributed by atoms with E-state index in [0.717, 1.165) is 24.7 Å². The highest BCUT2D eigenvalue weighted by molar-refractivity contribution is 7.99. The topological polar surface area (TPSA) is 41.5 Å². The molecule has 1 fully saturated rings. The number of aliphatic hydroxyl groups is 1. The van der Waals surface area contributed by atoms with Gasteiger partial charge in [0.05, 0.1) is 6.61 Å². The highest BCUT2D eigenvalue weighted by Crippen LogP contribution is 2.20. The lowest BCUT2D eigenvalue weighted by atomic mass is 10.0. The molecule has 15 heavy (non-hydrogen) atoms. The maximum absolute atomic E-state index is 8.92. The first-order valence-electron chi connectivity index (χ1n) is 5.71. The molecule has 3 unspecified atom stereocenters. The molecule has 1 aliphatic heterocycles. The smallest absolute Gasteiger partial charge is 0.0510 e. The van der Waals surface area contributed by atoms with Crippen molar-refractivity contribution in [2.24, 2.45) is 11.8 Å². The van der Waals surface area contributed by atoms with Gasteiger partial charge in [0.25, 0.3) is 0 Å². The molecule has 1 saturated heterocycles. The SMILES string of the molecule is CNC(CSCC(C)CO)C1CCOC1. The first-order valence-corrected chi connectivity index (χ1v) is 6.87. The molecule has 3 nitrogen and oxygen atoms in total. The van der Waals surface area contributed by atoms with Crippen LogP contribution in [-0.4, -0.2) is 49.5 Å². The maximum atomic E-state index is 8.92. The Morgan fingerprint density at radius 3 is 2.87 bits per heavy atom. The van der Waals surface area contributed by atoms with Crippen LogP contribution in [0.1, 0.15) is 13.3 Å². The predicted molar refractivity (Wildman–Crippen MR) is 65.3 cm³/mol. The second-order valence-electron chi connectivity index (χ2n) is 4.34. The summed E-state index contributed by atoms with van der Waals surface area (Å²) in [4.78, 5) is 0. The number of thioether (sulfide) groups is 1. The van der Waals surface area contributed by atoms with Crippen molar-refractivity contribution in [1.82, 2.24) is 5.32 Å². The van der Waals surface area contributed by atoms with Crippen LogP contribution < -0.4 is 5.32 Å². The molecule has 0 aromatic heterocycles. The van der Waals surface area contributed by atoms with Gasteiger partial charge in [-0.1, -0.05) is 6.92 Å². The molecule has 0 spiro atoms. The first-order chi connectivity index (χ1) is 7.27. The van der Waals surface area contributed by atoms with Gasteiger partial charge in [0, 0.05) is 30.9 Å². The fraction of sp³-hybridized carbons (Fsp3) is 1.00. The van der Waals surface area contributed by atoms with Gasteiger partial charge in [-0.25, -0.2) is 0 Å². The van der Waals surface area contributed by atoms with E-state index in [4.69, 9.17) is 9.84 Å². The van der Waals surface area contributed by atoms with E-state index in [1.54, 1.807) is 0 Å². The molecule has 4 heteroatoms. The third-order valence-electron chi connectivity index (χ3n) is 2.92. The monoisotopic (exact) mass is 233 g/mol. The average molecular weight is 233 g/mol. The average Bonchev–Trinajstić information content (AvgIpc) is 2.77. The third kappa shape index (κ3) is 4.72. The summed E-state index contributed by atoms with van der Waals surface area (Å²) >= 11 is 1.93. The van der Waals surface area contributed by atoms with Gasteiger partial charge in [-0.3, -0.25) is 0 Å². The van der Waals surface area contributed by atoms with Crippen molar-refractivity contribution in [3.8, 4) is 0 Å².